The van der Waals surface area contributed by atoms with Crippen molar-refractivity contribution >= 4 is 5.69 Å². The first-order valence-corrected chi connectivity index (χ1v) is 6.73. The fourth-order valence-electron chi connectivity index (χ4n) is 2.09. The molecule has 104 valence electrons. The maximum atomic E-state index is 10.5. The van der Waals surface area contributed by atoms with E-state index < -0.39 is 4.92 Å². The number of hydrogen-bond acceptors (Lipinski definition) is 4. The van der Waals surface area contributed by atoms with Gasteiger partial charge in [0.15, 0.2) is 0 Å². The average Bonchev–Trinajstić information content (AvgIpc) is 3.19. The van der Waals surface area contributed by atoms with Gasteiger partial charge in [-0.05, 0) is 36.8 Å². The van der Waals surface area contributed by atoms with Gasteiger partial charge in [0.2, 0.25) is 0 Å². The first kappa shape index (κ1) is 13.8. The van der Waals surface area contributed by atoms with Crippen LogP contribution in [0.25, 0.3) is 0 Å². The van der Waals surface area contributed by atoms with E-state index in [1.54, 1.807) is 12.1 Å². The third-order valence-electron chi connectivity index (χ3n) is 3.80. The number of benzene rings is 1. The number of ether oxygens (including phenoxy) is 1. The number of nitro groups is 1. The molecule has 1 aromatic rings. The Labute approximate surface area is 113 Å². The van der Waals surface area contributed by atoms with E-state index in [4.69, 9.17) is 4.74 Å². The van der Waals surface area contributed by atoms with Crippen LogP contribution in [0.5, 0.6) is 5.75 Å². The van der Waals surface area contributed by atoms with Gasteiger partial charge in [-0.2, -0.15) is 0 Å². The summed E-state index contributed by atoms with van der Waals surface area (Å²) in [5, 5.41) is 13.9. The fourth-order valence-corrected chi connectivity index (χ4v) is 2.09. The van der Waals surface area contributed by atoms with E-state index in [0.29, 0.717) is 17.8 Å². The minimum atomic E-state index is -0.412. The molecule has 1 fully saturated rings. The lowest BCUT2D eigenvalue weighted by molar-refractivity contribution is -0.384. The van der Waals surface area contributed by atoms with Crippen LogP contribution in [0.2, 0.25) is 0 Å². The molecule has 0 spiro atoms. The molecule has 5 heteroatoms. The summed E-state index contributed by atoms with van der Waals surface area (Å²) in [4.78, 5) is 10.1. The normalized spacial score (nSPS) is 16.1. The lowest BCUT2D eigenvalue weighted by Crippen LogP contribution is -2.27. The molecule has 1 aromatic carbocycles. The highest BCUT2D eigenvalue weighted by molar-refractivity contribution is 5.35. The van der Waals surface area contributed by atoms with Gasteiger partial charge in [0.1, 0.15) is 12.4 Å². The van der Waals surface area contributed by atoms with Crippen molar-refractivity contribution in [3.8, 4) is 5.75 Å². The van der Waals surface area contributed by atoms with Crippen molar-refractivity contribution in [3.63, 3.8) is 0 Å². The van der Waals surface area contributed by atoms with E-state index in [9.17, 15) is 10.1 Å². The molecule has 5 nitrogen and oxygen atoms in total. The Morgan fingerprint density at radius 2 is 2.05 bits per heavy atom. The maximum absolute atomic E-state index is 10.5. The highest BCUT2D eigenvalue weighted by atomic mass is 16.6. The second-order valence-corrected chi connectivity index (χ2v) is 5.13. The molecule has 1 aliphatic carbocycles. The molecule has 0 saturated heterocycles. The number of rotatable bonds is 8. The molecule has 0 amide bonds. The summed E-state index contributed by atoms with van der Waals surface area (Å²) in [6, 6.07) is 6.18. The van der Waals surface area contributed by atoms with E-state index in [1.807, 2.05) is 0 Å². The summed E-state index contributed by atoms with van der Waals surface area (Å²) >= 11 is 0. The van der Waals surface area contributed by atoms with Gasteiger partial charge < -0.3 is 10.1 Å². The van der Waals surface area contributed by atoms with Gasteiger partial charge in [-0.15, -0.1) is 0 Å². The largest absolute Gasteiger partial charge is 0.492 e. The standard InChI is InChI=1S/C14H20N2O3/c1-2-14(7-8-14)11-15-9-10-19-13-5-3-12(4-6-13)16(17)18/h3-6,15H,2,7-11H2,1H3. The molecule has 0 aromatic heterocycles. The van der Waals surface area contributed by atoms with Crippen LogP contribution >= 0.6 is 0 Å². The number of nitro benzene ring substituents is 1. The predicted octanol–water partition coefficient (Wildman–Crippen LogP) is 2.75. The van der Waals surface area contributed by atoms with Crippen LogP contribution in [0.15, 0.2) is 24.3 Å². The molecule has 19 heavy (non-hydrogen) atoms. The fraction of sp³-hybridized carbons (Fsp3) is 0.571. The van der Waals surface area contributed by atoms with Crippen molar-refractivity contribution in [2.45, 2.75) is 26.2 Å². The molecular weight excluding hydrogens is 244 g/mol. The van der Waals surface area contributed by atoms with E-state index in [0.717, 1.165) is 13.1 Å². The lowest BCUT2D eigenvalue weighted by Gasteiger charge is -2.13. The molecule has 0 unspecified atom stereocenters. The average molecular weight is 264 g/mol. The summed E-state index contributed by atoms with van der Waals surface area (Å²) in [7, 11) is 0. The molecule has 0 heterocycles. The molecular formula is C14H20N2O3. The predicted molar refractivity (Wildman–Crippen MR) is 73.4 cm³/mol. The van der Waals surface area contributed by atoms with Crippen LogP contribution in [0, 0.1) is 15.5 Å². The van der Waals surface area contributed by atoms with Crippen LogP contribution in [-0.4, -0.2) is 24.6 Å². The second kappa shape index (κ2) is 6.02. The van der Waals surface area contributed by atoms with Crippen LogP contribution < -0.4 is 10.1 Å². The number of nitrogens with one attached hydrogen (secondary N) is 1. The van der Waals surface area contributed by atoms with Crippen LogP contribution in [0.1, 0.15) is 26.2 Å². The Hall–Kier alpha value is -1.62. The van der Waals surface area contributed by atoms with Gasteiger partial charge in [0.25, 0.3) is 5.69 Å². The Kier molecular flexibility index (Phi) is 4.37. The van der Waals surface area contributed by atoms with Crippen LogP contribution in [-0.2, 0) is 0 Å². The van der Waals surface area contributed by atoms with Crippen molar-refractivity contribution in [3.05, 3.63) is 34.4 Å². The van der Waals surface area contributed by atoms with E-state index >= 15 is 0 Å². The van der Waals surface area contributed by atoms with Gasteiger partial charge in [0.05, 0.1) is 4.92 Å². The van der Waals surface area contributed by atoms with Crippen molar-refractivity contribution in [1.82, 2.24) is 5.32 Å². The van der Waals surface area contributed by atoms with Crippen LogP contribution in [0.4, 0.5) is 5.69 Å². The number of hydrogen-bond donors (Lipinski definition) is 1. The molecule has 2 rings (SSSR count). The smallest absolute Gasteiger partial charge is 0.269 e. The Morgan fingerprint density at radius 1 is 1.37 bits per heavy atom. The summed E-state index contributed by atoms with van der Waals surface area (Å²) in [6.45, 7) is 4.69. The van der Waals surface area contributed by atoms with Crippen molar-refractivity contribution in [1.29, 1.82) is 0 Å². The van der Waals surface area contributed by atoms with Gasteiger partial charge in [-0.3, -0.25) is 10.1 Å². The topological polar surface area (TPSA) is 64.4 Å². The zero-order valence-corrected chi connectivity index (χ0v) is 11.2. The summed E-state index contributed by atoms with van der Waals surface area (Å²) < 4.78 is 5.52. The van der Waals surface area contributed by atoms with Crippen molar-refractivity contribution in [2.24, 2.45) is 5.41 Å². The Balaban J connectivity index is 1.64. The van der Waals surface area contributed by atoms with E-state index in [-0.39, 0.29) is 5.69 Å². The van der Waals surface area contributed by atoms with Gasteiger partial charge in [0, 0.05) is 25.2 Å². The third-order valence-corrected chi connectivity index (χ3v) is 3.80. The highest BCUT2D eigenvalue weighted by Crippen LogP contribution is 2.47. The third kappa shape index (κ3) is 3.92. The van der Waals surface area contributed by atoms with Gasteiger partial charge in [-0.1, -0.05) is 6.92 Å². The molecule has 0 atom stereocenters. The first-order chi connectivity index (χ1) is 9.15. The number of non-ortho nitro benzene ring substituents is 1. The van der Waals surface area contributed by atoms with Gasteiger partial charge >= 0.3 is 0 Å². The zero-order valence-electron chi connectivity index (χ0n) is 11.2. The van der Waals surface area contributed by atoms with E-state index in [1.165, 1.54) is 31.4 Å². The Morgan fingerprint density at radius 3 is 2.58 bits per heavy atom. The summed E-state index contributed by atoms with van der Waals surface area (Å²) in [5.41, 5.74) is 0.636. The van der Waals surface area contributed by atoms with Crippen LogP contribution in [0.3, 0.4) is 0 Å². The quantitative estimate of drug-likeness (QED) is 0.445. The van der Waals surface area contributed by atoms with Crippen molar-refractivity contribution in [2.75, 3.05) is 19.7 Å². The first-order valence-electron chi connectivity index (χ1n) is 6.73. The highest BCUT2D eigenvalue weighted by Gasteiger charge is 2.39. The minimum absolute atomic E-state index is 0.0871. The number of nitrogens with zero attached hydrogens (tertiary/aromatic N) is 1. The molecule has 1 N–H and O–H groups in total. The molecule has 0 bridgehead atoms. The Bertz CT molecular complexity index is 427. The van der Waals surface area contributed by atoms with Gasteiger partial charge in [-0.25, -0.2) is 0 Å². The SMILES string of the molecule is CCC1(CNCCOc2ccc([N+](=O)[O-])cc2)CC1. The van der Waals surface area contributed by atoms with Crippen molar-refractivity contribution < 1.29 is 9.66 Å². The minimum Gasteiger partial charge on any atom is -0.492 e. The molecule has 0 aliphatic heterocycles. The molecule has 1 aliphatic rings. The molecule has 0 radical (unpaired) electrons. The second-order valence-electron chi connectivity index (χ2n) is 5.13. The monoisotopic (exact) mass is 264 g/mol. The van der Waals surface area contributed by atoms with E-state index in [2.05, 4.69) is 12.2 Å². The maximum Gasteiger partial charge on any atom is 0.269 e. The zero-order chi connectivity index (χ0) is 13.7. The summed E-state index contributed by atoms with van der Waals surface area (Å²) in [6.07, 6.45) is 3.91. The lowest BCUT2D eigenvalue weighted by atomic mass is 10.0. The molecule has 1 saturated carbocycles. The summed E-state index contributed by atoms with van der Waals surface area (Å²) in [5.74, 6) is 0.670.